The molecule has 0 saturated heterocycles. The maximum atomic E-state index is 11.2. The van der Waals surface area contributed by atoms with Crippen molar-refractivity contribution >= 4 is 33.3 Å². The number of esters is 1. The van der Waals surface area contributed by atoms with Gasteiger partial charge >= 0.3 is 5.97 Å². The third-order valence-corrected chi connectivity index (χ3v) is 8.16. The molecule has 0 heterocycles. The van der Waals surface area contributed by atoms with Gasteiger partial charge in [0.25, 0.3) is 0 Å². The second-order valence-corrected chi connectivity index (χ2v) is 21.4. The highest BCUT2D eigenvalue weighted by Crippen LogP contribution is 2.22. The van der Waals surface area contributed by atoms with Crippen LogP contribution in [-0.2, 0) is 9.53 Å². The van der Waals surface area contributed by atoms with E-state index in [1.807, 2.05) is 0 Å². The molecule has 0 unspecified atom stereocenters. The van der Waals surface area contributed by atoms with Gasteiger partial charge in [0.1, 0.15) is 5.57 Å². The maximum absolute atomic E-state index is 11.2. The Morgan fingerprint density at radius 3 is 1.41 bits per heavy atom. The predicted molar refractivity (Wildman–Crippen MR) is 131 cm³/mol. The molecular formula is C23H45IO2Si. The van der Waals surface area contributed by atoms with Gasteiger partial charge in [0.05, 0.1) is 6.61 Å². The molecule has 0 aromatic heterocycles. The Morgan fingerprint density at radius 1 is 0.741 bits per heavy atom. The van der Waals surface area contributed by atoms with Crippen LogP contribution in [0.25, 0.3) is 0 Å². The van der Waals surface area contributed by atoms with Gasteiger partial charge in [0.2, 0.25) is 0 Å². The van der Waals surface area contributed by atoms with Crippen LogP contribution in [0.4, 0.5) is 0 Å². The zero-order valence-electron chi connectivity index (χ0n) is 18.4. The summed E-state index contributed by atoms with van der Waals surface area (Å²) < 4.78 is 5.10. The highest BCUT2D eigenvalue weighted by Gasteiger charge is 2.14. The van der Waals surface area contributed by atoms with Crippen molar-refractivity contribution < 1.29 is 9.53 Å². The minimum atomic E-state index is -0.825. The third kappa shape index (κ3) is 22.3. The second-order valence-electron chi connectivity index (χ2n) is 8.69. The summed E-state index contributed by atoms with van der Waals surface area (Å²) in [6.45, 7) is 10.8. The zero-order valence-corrected chi connectivity index (χ0v) is 21.6. The number of hydrogen-bond acceptors (Lipinski definition) is 2. The molecule has 0 aliphatic carbocycles. The van der Waals surface area contributed by atoms with Crippen molar-refractivity contribution in [3.05, 3.63) is 12.2 Å². The summed E-state index contributed by atoms with van der Waals surface area (Å²) in [5.41, 5.74) is -0.332. The Kier molecular flexibility index (Phi) is 18.3. The first-order valence-electron chi connectivity index (χ1n) is 11.3. The van der Waals surface area contributed by atoms with E-state index in [2.05, 4.69) is 41.5 Å². The van der Waals surface area contributed by atoms with Gasteiger partial charge in [0, 0.05) is 5.57 Å². The Labute approximate surface area is 183 Å². The Morgan fingerprint density at radius 2 is 1.07 bits per heavy atom. The molecule has 0 aliphatic rings. The minimum Gasteiger partial charge on any atom is -0.462 e. The van der Waals surface area contributed by atoms with Crippen LogP contribution in [0.1, 0.15) is 103 Å². The first kappa shape index (κ1) is 27.2. The fraction of sp³-hybridized carbons (Fsp3) is 0.870. The van der Waals surface area contributed by atoms with Gasteiger partial charge in [-0.15, -0.1) is 21.8 Å². The summed E-state index contributed by atoms with van der Waals surface area (Å²) in [4.78, 5) is 11.2. The predicted octanol–water partition coefficient (Wildman–Crippen LogP) is 8.60. The topological polar surface area (TPSA) is 26.3 Å². The lowest BCUT2D eigenvalue weighted by atomic mass is 10.0. The number of unbranched alkanes of at least 4 members (excludes halogenated alkanes) is 14. The van der Waals surface area contributed by atoms with Crippen LogP contribution >= 0.6 is 21.8 Å². The summed E-state index contributed by atoms with van der Waals surface area (Å²) >= 11 is 2.70. The van der Waals surface area contributed by atoms with Gasteiger partial charge < -0.3 is 4.74 Å². The normalized spacial score (nSPS) is 11.6. The van der Waals surface area contributed by atoms with Gasteiger partial charge in [-0.05, 0) is 19.4 Å². The van der Waals surface area contributed by atoms with Gasteiger partial charge in [-0.1, -0.05) is 110 Å². The lowest BCUT2D eigenvalue weighted by Crippen LogP contribution is -2.13. The van der Waals surface area contributed by atoms with Crippen LogP contribution in [0.15, 0.2) is 12.2 Å². The number of carbonyl (C=O) groups excluding carboxylic acids is 1. The van der Waals surface area contributed by atoms with E-state index in [0.717, 1.165) is 6.42 Å². The minimum absolute atomic E-state index is 0.253. The number of ether oxygens (including phenoxy) is 1. The van der Waals surface area contributed by atoms with Crippen molar-refractivity contribution in [1.82, 2.24) is 0 Å². The highest BCUT2D eigenvalue weighted by atomic mass is 127. The number of carbonyl (C=O) groups is 1. The van der Waals surface area contributed by atoms with E-state index in [4.69, 9.17) is 4.74 Å². The molecule has 160 valence electrons. The van der Waals surface area contributed by atoms with Crippen molar-refractivity contribution in [3.8, 4) is 0 Å². The fourth-order valence-electron chi connectivity index (χ4n) is 3.23. The molecule has 0 spiro atoms. The largest absolute Gasteiger partial charge is 0.462 e. The van der Waals surface area contributed by atoms with Crippen LogP contribution in [0.2, 0.25) is 19.1 Å². The quantitative estimate of drug-likeness (QED) is 0.0436. The summed E-state index contributed by atoms with van der Waals surface area (Å²) in [5.74, 6) is -0.253. The molecule has 0 N–H and O–H groups in total. The maximum Gasteiger partial charge on any atom is 0.333 e. The number of halogens is 1. The van der Waals surface area contributed by atoms with E-state index in [1.165, 1.54) is 95.9 Å². The molecule has 0 rings (SSSR count). The average Bonchev–Trinajstić information content (AvgIpc) is 2.59. The van der Waals surface area contributed by atoms with Crippen LogP contribution in [0.5, 0.6) is 0 Å². The molecule has 0 radical (unpaired) electrons. The second kappa shape index (κ2) is 18.2. The van der Waals surface area contributed by atoms with E-state index >= 15 is 0 Å². The lowest BCUT2D eigenvalue weighted by molar-refractivity contribution is -0.139. The lowest BCUT2D eigenvalue weighted by Gasteiger charge is -2.12. The first-order chi connectivity index (χ1) is 12.8. The summed E-state index contributed by atoms with van der Waals surface area (Å²) in [6.07, 6.45) is 20.5. The van der Waals surface area contributed by atoms with E-state index in [0.29, 0.717) is 12.2 Å². The smallest absolute Gasteiger partial charge is 0.333 e. The molecule has 0 amide bonds. The van der Waals surface area contributed by atoms with Gasteiger partial charge in [-0.25, -0.2) is 4.79 Å². The molecule has 0 fully saturated rings. The molecule has 0 aromatic rings. The van der Waals surface area contributed by atoms with Gasteiger partial charge in [-0.3, -0.25) is 0 Å². The fourth-order valence-corrected chi connectivity index (χ4v) is 5.47. The molecule has 4 heteroatoms. The van der Waals surface area contributed by atoms with Gasteiger partial charge in [-0.2, -0.15) is 0 Å². The van der Waals surface area contributed by atoms with E-state index in [-0.39, 0.29) is 5.97 Å². The molecule has 2 nitrogen and oxygen atoms in total. The third-order valence-electron chi connectivity index (χ3n) is 5.00. The van der Waals surface area contributed by atoms with E-state index in [9.17, 15) is 4.79 Å². The standard InChI is InChI=1S/C23H45IO2Si/c1-22(2)23(25)26-20-18-16-14-12-10-8-6-5-7-9-11-13-15-17-19-21-27(3,4)24/h1,5-21H2,2-4H3. The summed E-state index contributed by atoms with van der Waals surface area (Å²) in [5, 5.41) is 0. The first-order valence-corrected chi connectivity index (χ1v) is 17.7. The molecule has 0 atom stereocenters. The van der Waals surface area contributed by atoms with E-state index < -0.39 is 5.57 Å². The van der Waals surface area contributed by atoms with Crippen LogP contribution in [0, 0.1) is 0 Å². The molecule has 0 saturated carbocycles. The number of hydrogen-bond donors (Lipinski definition) is 0. The van der Waals surface area contributed by atoms with Crippen molar-refractivity contribution in [3.63, 3.8) is 0 Å². The molecule has 0 bridgehead atoms. The Hall–Kier alpha value is 0.157. The van der Waals surface area contributed by atoms with Crippen molar-refractivity contribution in [2.75, 3.05) is 6.61 Å². The van der Waals surface area contributed by atoms with Crippen molar-refractivity contribution in [1.29, 1.82) is 0 Å². The Bertz CT molecular complexity index is 377. The van der Waals surface area contributed by atoms with E-state index in [1.54, 1.807) is 6.92 Å². The Balaban J connectivity index is 3.11. The monoisotopic (exact) mass is 508 g/mol. The van der Waals surface area contributed by atoms with Gasteiger partial charge in [0.15, 0.2) is 0 Å². The summed E-state index contributed by atoms with van der Waals surface area (Å²) in [7, 11) is 0. The highest BCUT2D eigenvalue weighted by molar-refractivity contribution is 14.1. The van der Waals surface area contributed by atoms with Crippen LogP contribution in [0.3, 0.4) is 0 Å². The van der Waals surface area contributed by atoms with Crippen LogP contribution in [-0.4, -0.2) is 18.1 Å². The molecule has 0 aromatic carbocycles. The van der Waals surface area contributed by atoms with Crippen molar-refractivity contribution in [2.24, 2.45) is 0 Å². The molecule has 27 heavy (non-hydrogen) atoms. The van der Waals surface area contributed by atoms with Crippen molar-refractivity contribution in [2.45, 2.75) is 122 Å². The van der Waals surface area contributed by atoms with Crippen LogP contribution < -0.4 is 0 Å². The molecule has 0 aliphatic heterocycles. The average molecular weight is 509 g/mol. The summed E-state index contributed by atoms with van der Waals surface area (Å²) in [6, 6.07) is 1.50. The SMILES string of the molecule is C=C(C)C(=O)OCCCCCCCCCCCCCCCCC[Si](C)(C)I. The number of rotatable bonds is 19. The molecular weight excluding hydrogens is 463 g/mol. The zero-order chi connectivity index (χ0) is 20.4.